The highest BCUT2D eigenvalue weighted by Crippen LogP contribution is 2.27. The number of ether oxygens (including phenoxy) is 1. The lowest BCUT2D eigenvalue weighted by atomic mass is 10.1. The molecule has 0 atom stereocenters. The normalized spacial score (nSPS) is 10.8. The highest BCUT2D eigenvalue weighted by atomic mass is 19.1. The zero-order valence-electron chi connectivity index (χ0n) is 8.73. The van der Waals surface area contributed by atoms with Crippen molar-refractivity contribution in [3.63, 3.8) is 0 Å². The van der Waals surface area contributed by atoms with E-state index >= 15 is 0 Å². The van der Waals surface area contributed by atoms with Crippen LogP contribution in [0.15, 0.2) is 12.1 Å². The number of carbonyl (C=O) groups is 1. The van der Waals surface area contributed by atoms with Crippen molar-refractivity contribution in [2.45, 2.75) is 6.92 Å². The molecule has 0 amide bonds. The lowest BCUT2D eigenvalue weighted by molar-refractivity contribution is 0.0602. The van der Waals surface area contributed by atoms with Crippen LogP contribution in [-0.2, 0) is 4.74 Å². The number of hydrogen-bond donors (Lipinski definition) is 1. The number of nitrogens with one attached hydrogen (secondary N) is 1. The number of halogens is 2. The van der Waals surface area contributed by atoms with E-state index in [0.29, 0.717) is 5.69 Å². The molecular weight excluding hydrogens is 216 g/mol. The highest BCUT2D eigenvalue weighted by molar-refractivity contribution is 6.05. The Kier molecular flexibility index (Phi) is 2.38. The molecule has 1 aromatic heterocycles. The van der Waals surface area contributed by atoms with Gasteiger partial charge in [-0.2, -0.15) is 0 Å². The number of esters is 1. The standard InChI is InChI=1S/C11H9F2NO2/c1-5-8(11(15)16-2)9-6(12)3-4-7(13)10(9)14-5/h3-4,14H,1-2H3. The first kappa shape index (κ1) is 10.6. The smallest absolute Gasteiger partial charge is 0.340 e. The molecule has 0 aliphatic heterocycles. The van der Waals surface area contributed by atoms with Crippen molar-refractivity contribution in [3.8, 4) is 0 Å². The molecule has 0 spiro atoms. The van der Waals surface area contributed by atoms with Crippen LogP contribution >= 0.6 is 0 Å². The zero-order valence-corrected chi connectivity index (χ0v) is 8.73. The van der Waals surface area contributed by atoms with Gasteiger partial charge in [-0.15, -0.1) is 0 Å². The molecule has 1 aromatic carbocycles. The summed E-state index contributed by atoms with van der Waals surface area (Å²) in [5.74, 6) is -1.94. The minimum absolute atomic E-state index is 0.0158. The number of rotatable bonds is 1. The van der Waals surface area contributed by atoms with Crippen molar-refractivity contribution in [1.82, 2.24) is 4.98 Å². The molecule has 16 heavy (non-hydrogen) atoms. The quantitative estimate of drug-likeness (QED) is 0.758. The van der Waals surface area contributed by atoms with Crippen LogP contribution in [0.2, 0.25) is 0 Å². The van der Waals surface area contributed by atoms with Crippen molar-refractivity contribution < 1.29 is 18.3 Å². The molecule has 0 fully saturated rings. The summed E-state index contributed by atoms with van der Waals surface area (Å²) in [5.41, 5.74) is 0.401. The predicted molar refractivity (Wildman–Crippen MR) is 54.3 cm³/mol. The van der Waals surface area contributed by atoms with Gasteiger partial charge >= 0.3 is 5.97 Å². The number of aromatic amines is 1. The summed E-state index contributed by atoms with van der Waals surface area (Å²) in [5, 5.41) is -0.0654. The summed E-state index contributed by atoms with van der Waals surface area (Å²) in [6.07, 6.45) is 0. The highest BCUT2D eigenvalue weighted by Gasteiger charge is 2.21. The summed E-state index contributed by atoms with van der Waals surface area (Å²) >= 11 is 0. The molecule has 3 nitrogen and oxygen atoms in total. The van der Waals surface area contributed by atoms with Gasteiger partial charge in [-0.3, -0.25) is 0 Å². The van der Waals surface area contributed by atoms with Gasteiger partial charge < -0.3 is 9.72 Å². The first-order valence-electron chi connectivity index (χ1n) is 4.61. The minimum Gasteiger partial charge on any atom is -0.465 e. The van der Waals surface area contributed by atoms with E-state index in [0.717, 1.165) is 12.1 Å². The van der Waals surface area contributed by atoms with Gasteiger partial charge in [-0.05, 0) is 19.1 Å². The second-order valence-electron chi connectivity index (χ2n) is 3.40. The first-order chi connectivity index (χ1) is 7.56. The van der Waals surface area contributed by atoms with Gasteiger partial charge in [0.05, 0.1) is 23.6 Å². The third-order valence-corrected chi connectivity index (χ3v) is 2.43. The molecule has 84 valence electrons. The molecule has 5 heteroatoms. The van der Waals surface area contributed by atoms with E-state index in [1.54, 1.807) is 6.92 Å². The number of benzene rings is 1. The van der Waals surface area contributed by atoms with E-state index in [2.05, 4.69) is 9.72 Å². The van der Waals surface area contributed by atoms with Crippen LogP contribution < -0.4 is 0 Å². The first-order valence-corrected chi connectivity index (χ1v) is 4.61. The summed E-state index contributed by atoms with van der Waals surface area (Å²) < 4.78 is 31.4. The molecule has 1 N–H and O–H groups in total. The van der Waals surface area contributed by atoms with Crippen molar-refractivity contribution in [2.75, 3.05) is 7.11 Å². The van der Waals surface area contributed by atoms with E-state index in [4.69, 9.17) is 0 Å². The van der Waals surface area contributed by atoms with Gasteiger partial charge in [-0.1, -0.05) is 0 Å². The minimum atomic E-state index is -0.687. The van der Waals surface area contributed by atoms with E-state index in [9.17, 15) is 13.6 Å². The maximum Gasteiger partial charge on any atom is 0.340 e. The van der Waals surface area contributed by atoms with Crippen LogP contribution in [0, 0.1) is 18.6 Å². The number of hydrogen-bond acceptors (Lipinski definition) is 2. The number of aromatic nitrogens is 1. The average Bonchev–Trinajstić information content (AvgIpc) is 2.61. The Balaban J connectivity index is 2.88. The van der Waals surface area contributed by atoms with E-state index in [-0.39, 0.29) is 16.5 Å². The number of aryl methyl sites for hydroxylation is 1. The maximum absolute atomic E-state index is 13.5. The summed E-state index contributed by atoms with van der Waals surface area (Å²) in [6.45, 7) is 1.56. The van der Waals surface area contributed by atoms with Crippen molar-refractivity contribution in [1.29, 1.82) is 0 Å². The Hall–Kier alpha value is -1.91. The number of carbonyl (C=O) groups excluding carboxylic acids is 1. The second-order valence-corrected chi connectivity index (χ2v) is 3.40. The molecule has 2 rings (SSSR count). The Morgan fingerprint density at radius 1 is 1.31 bits per heavy atom. The Morgan fingerprint density at radius 3 is 2.56 bits per heavy atom. The van der Waals surface area contributed by atoms with E-state index < -0.39 is 17.6 Å². The Labute approximate surface area is 90.0 Å². The molecule has 0 bridgehead atoms. The van der Waals surface area contributed by atoms with Gasteiger partial charge in [0.1, 0.15) is 11.6 Å². The third-order valence-electron chi connectivity index (χ3n) is 2.43. The van der Waals surface area contributed by atoms with Gasteiger partial charge in [0.15, 0.2) is 0 Å². The average molecular weight is 225 g/mol. The molecule has 0 saturated heterocycles. The van der Waals surface area contributed by atoms with Crippen molar-refractivity contribution in [2.24, 2.45) is 0 Å². The topological polar surface area (TPSA) is 42.1 Å². The van der Waals surface area contributed by atoms with Crippen LogP contribution in [0.25, 0.3) is 10.9 Å². The fraction of sp³-hybridized carbons (Fsp3) is 0.182. The van der Waals surface area contributed by atoms with Crippen LogP contribution in [0.3, 0.4) is 0 Å². The largest absolute Gasteiger partial charge is 0.465 e. The molecule has 0 saturated carbocycles. The third kappa shape index (κ3) is 1.36. The molecular formula is C11H9F2NO2. The van der Waals surface area contributed by atoms with Crippen molar-refractivity contribution >= 4 is 16.9 Å². The molecule has 0 aliphatic rings. The number of fused-ring (bicyclic) bond motifs is 1. The van der Waals surface area contributed by atoms with Gasteiger partial charge in [0.25, 0.3) is 0 Å². The predicted octanol–water partition coefficient (Wildman–Crippen LogP) is 2.54. The monoisotopic (exact) mass is 225 g/mol. The molecule has 1 heterocycles. The Bertz CT molecular complexity index is 575. The SMILES string of the molecule is COC(=O)c1c(C)[nH]c2c(F)ccc(F)c12. The van der Waals surface area contributed by atoms with Gasteiger partial charge in [-0.25, -0.2) is 13.6 Å². The van der Waals surface area contributed by atoms with Crippen LogP contribution in [0.5, 0.6) is 0 Å². The molecule has 0 radical (unpaired) electrons. The molecule has 0 aliphatic carbocycles. The van der Waals surface area contributed by atoms with Crippen molar-refractivity contribution in [3.05, 3.63) is 35.0 Å². The fourth-order valence-electron chi connectivity index (χ4n) is 1.71. The van der Waals surface area contributed by atoms with E-state index in [1.165, 1.54) is 7.11 Å². The lowest BCUT2D eigenvalue weighted by Gasteiger charge is -1.99. The lowest BCUT2D eigenvalue weighted by Crippen LogP contribution is -2.02. The molecule has 0 unspecified atom stereocenters. The number of methoxy groups -OCH3 is 1. The van der Waals surface area contributed by atoms with Crippen LogP contribution in [0.1, 0.15) is 16.1 Å². The Morgan fingerprint density at radius 2 is 1.94 bits per heavy atom. The van der Waals surface area contributed by atoms with Crippen LogP contribution in [0.4, 0.5) is 8.78 Å². The maximum atomic E-state index is 13.5. The number of H-pyrrole nitrogens is 1. The zero-order chi connectivity index (χ0) is 11.9. The van der Waals surface area contributed by atoms with Crippen LogP contribution in [-0.4, -0.2) is 18.1 Å². The van der Waals surface area contributed by atoms with Gasteiger partial charge in [0.2, 0.25) is 0 Å². The van der Waals surface area contributed by atoms with Gasteiger partial charge in [0, 0.05) is 5.69 Å². The summed E-state index contributed by atoms with van der Waals surface area (Å²) in [7, 11) is 1.19. The fourth-order valence-corrected chi connectivity index (χ4v) is 1.71. The summed E-state index contributed by atoms with van der Waals surface area (Å²) in [6, 6.07) is 1.99. The van der Waals surface area contributed by atoms with E-state index in [1.807, 2.05) is 0 Å². The second kappa shape index (κ2) is 3.59. The molecule has 2 aromatic rings. The summed E-state index contributed by atoms with van der Waals surface area (Å²) in [4.78, 5) is 14.1.